The number of methoxy groups -OCH3 is 1. The zero-order valence-electron chi connectivity index (χ0n) is 20.7. The van der Waals surface area contributed by atoms with E-state index in [1.807, 2.05) is 13.0 Å². The number of benzene rings is 4. The van der Waals surface area contributed by atoms with Gasteiger partial charge in [-0.1, -0.05) is 48.0 Å². The highest BCUT2D eigenvalue weighted by molar-refractivity contribution is 7.87. The number of nitrogens with one attached hydrogen (secondary N) is 1. The van der Waals surface area contributed by atoms with Gasteiger partial charge in [-0.25, -0.2) is 0 Å². The second-order valence-electron chi connectivity index (χ2n) is 8.31. The number of nitro groups is 1. The lowest BCUT2D eigenvalue weighted by molar-refractivity contribution is -0.384. The zero-order valence-corrected chi connectivity index (χ0v) is 21.6. The van der Waals surface area contributed by atoms with Crippen LogP contribution in [0.5, 0.6) is 11.5 Å². The number of ether oxygens (including phenoxy) is 1. The van der Waals surface area contributed by atoms with Crippen LogP contribution in [0.3, 0.4) is 0 Å². The molecule has 11 heteroatoms. The SMILES string of the molecule is COc1cc([N+](=O)[O-])ccc1NC(=O)/C(C#N)=C/c1c(OS(=O)(=O)c2ccc(C)cc2)ccc2ccccc12. The number of carbonyl (C=O) groups is 1. The second-order valence-corrected chi connectivity index (χ2v) is 9.86. The molecule has 0 bridgehead atoms. The van der Waals surface area contributed by atoms with E-state index < -0.39 is 20.9 Å². The fourth-order valence-electron chi connectivity index (χ4n) is 3.75. The summed E-state index contributed by atoms with van der Waals surface area (Å²) in [5.41, 5.74) is 0.562. The molecule has 4 aromatic rings. The number of nitrogens with zero attached hydrogens (tertiary/aromatic N) is 2. The second kappa shape index (κ2) is 11.0. The molecular weight excluding hydrogens is 522 g/mol. The monoisotopic (exact) mass is 543 g/mol. The Bertz CT molecular complexity index is 1770. The van der Waals surface area contributed by atoms with Gasteiger partial charge in [-0.3, -0.25) is 14.9 Å². The first-order valence-electron chi connectivity index (χ1n) is 11.4. The van der Waals surface area contributed by atoms with Crippen molar-refractivity contribution >= 4 is 44.2 Å². The van der Waals surface area contributed by atoms with Crippen molar-refractivity contribution in [2.75, 3.05) is 12.4 Å². The Morgan fingerprint density at radius 1 is 1.03 bits per heavy atom. The average molecular weight is 544 g/mol. The van der Waals surface area contributed by atoms with Crippen LogP contribution in [0.1, 0.15) is 11.1 Å². The van der Waals surface area contributed by atoms with Gasteiger partial charge in [-0.2, -0.15) is 13.7 Å². The van der Waals surface area contributed by atoms with Gasteiger partial charge in [0.2, 0.25) is 0 Å². The fourth-order valence-corrected chi connectivity index (χ4v) is 4.70. The zero-order chi connectivity index (χ0) is 28.2. The van der Waals surface area contributed by atoms with E-state index in [-0.39, 0.29) is 38.9 Å². The van der Waals surface area contributed by atoms with Gasteiger partial charge in [-0.05, 0) is 48.0 Å². The van der Waals surface area contributed by atoms with Crippen molar-refractivity contribution < 1.29 is 27.1 Å². The number of fused-ring (bicyclic) bond motifs is 1. The first kappa shape index (κ1) is 26.8. The summed E-state index contributed by atoms with van der Waals surface area (Å²) in [5, 5.41) is 24.7. The lowest BCUT2D eigenvalue weighted by Crippen LogP contribution is -2.14. The summed E-state index contributed by atoms with van der Waals surface area (Å²) < 4.78 is 36.7. The molecule has 4 rings (SSSR count). The first-order chi connectivity index (χ1) is 18.6. The normalized spacial score (nSPS) is 11.5. The van der Waals surface area contributed by atoms with E-state index in [1.165, 1.54) is 43.5 Å². The van der Waals surface area contributed by atoms with E-state index in [0.29, 0.717) is 5.39 Å². The Labute approximate surface area is 224 Å². The predicted molar refractivity (Wildman–Crippen MR) is 145 cm³/mol. The summed E-state index contributed by atoms with van der Waals surface area (Å²) in [6, 6.07) is 21.7. The number of hydrogen-bond acceptors (Lipinski definition) is 8. The molecule has 0 heterocycles. The maximum absolute atomic E-state index is 13.1. The smallest absolute Gasteiger partial charge is 0.339 e. The van der Waals surface area contributed by atoms with E-state index in [2.05, 4.69) is 5.32 Å². The molecule has 1 N–H and O–H groups in total. The third-order valence-electron chi connectivity index (χ3n) is 5.74. The van der Waals surface area contributed by atoms with Crippen molar-refractivity contribution in [3.05, 3.63) is 106 Å². The van der Waals surface area contributed by atoms with Crippen LogP contribution < -0.4 is 14.2 Å². The number of anilines is 1. The molecule has 196 valence electrons. The molecule has 0 aliphatic heterocycles. The van der Waals surface area contributed by atoms with Crippen molar-refractivity contribution in [2.24, 2.45) is 0 Å². The van der Waals surface area contributed by atoms with Crippen LogP contribution in [0.25, 0.3) is 16.8 Å². The maximum Gasteiger partial charge on any atom is 0.339 e. The van der Waals surface area contributed by atoms with E-state index >= 15 is 0 Å². The number of nitro benzene ring substituents is 1. The van der Waals surface area contributed by atoms with Crippen molar-refractivity contribution in [1.82, 2.24) is 0 Å². The Morgan fingerprint density at radius 2 is 1.74 bits per heavy atom. The Hall–Kier alpha value is -5.21. The molecule has 0 aromatic heterocycles. The van der Waals surface area contributed by atoms with Crippen molar-refractivity contribution in [2.45, 2.75) is 11.8 Å². The largest absolute Gasteiger partial charge is 0.494 e. The van der Waals surface area contributed by atoms with Crippen molar-refractivity contribution in [3.63, 3.8) is 0 Å². The van der Waals surface area contributed by atoms with Gasteiger partial charge in [0.15, 0.2) is 5.75 Å². The molecule has 0 saturated heterocycles. The summed E-state index contributed by atoms with van der Waals surface area (Å²) in [6.45, 7) is 1.82. The molecule has 0 aliphatic rings. The van der Waals surface area contributed by atoms with Gasteiger partial charge in [0.05, 0.1) is 23.8 Å². The third kappa shape index (κ3) is 5.87. The minimum atomic E-state index is -4.24. The van der Waals surface area contributed by atoms with Crippen molar-refractivity contribution in [1.29, 1.82) is 5.26 Å². The molecule has 0 fully saturated rings. The molecule has 0 spiro atoms. The predicted octanol–water partition coefficient (Wildman–Crippen LogP) is 5.38. The quantitative estimate of drug-likeness (QED) is 0.102. The maximum atomic E-state index is 13.1. The van der Waals surface area contributed by atoms with Crippen LogP contribution in [0.2, 0.25) is 0 Å². The van der Waals surface area contributed by atoms with Crippen LogP contribution in [0, 0.1) is 28.4 Å². The minimum Gasteiger partial charge on any atom is -0.494 e. The van der Waals surface area contributed by atoms with Crippen LogP contribution in [-0.4, -0.2) is 26.4 Å². The number of rotatable bonds is 8. The number of carbonyl (C=O) groups excluding carboxylic acids is 1. The summed E-state index contributed by atoms with van der Waals surface area (Å²) in [7, 11) is -2.96. The van der Waals surface area contributed by atoms with Gasteiger partial charge >= 0.3 is 10.1 Å². The summed E-state index contributed by atoms with van der Waals surface area (Å²) in [4.78, 5) is 23.5. The standard InChI is InChI=1S/C28H21N3O7S/c1-18-7-11-22(12-8-18)39(35,36)38-26-14-9-19-5-3-4-6-23(19)24(26)15-20(17-29)28(32)30-25-13-10-21(31(33)34)16-27(25)37-2/h3-16H,1-2H3,(H,30,32)/b20-15+. The highest BCUT2D eigenvalue weighted by Crippen LogP contribution is 2.33. The molecule has 0 saturated carbocycles. The lowest BCUT2D eigenvalue weighted by atomic mass is 10.0. The first-order valence-corrected chi connectivity index (χ1v) is 12.8. The molecule has 1 amide bonds. The molecule has 0 radical (unpaired) electrons. The van der Waals surface area contributed by atoms with E-state index in [0.717, 1.165) is 17.0 Å². The van der Waals surface area contributed by atoms with Crippen LogP contribution in [0.4, 0.5) is 11.4 Å². The number of nitriles is 1. The van der Waals surface area contributed by atoms with E-state index in [1.54, 1.807) is 42.5 Å². The number of non-ortho nitro benzene ring substituents is 1. The highest BCUT2D eigenvalue weighted by atomic mass is 32.2. The minimum absolute atomic E-state index is 0.0215. The van der Waals surface area contributed by atoms with Crippen LogP contribution in [0.15, 0.2) is 89.3 Å². The van der Waals surface area contributed by atoms with E-state index in [9.17, 15) is 28.6 Å². The summed E-state index contributed by atoms with van der Waals surface area (Å²) in [5.74, 6) is -0.902. The Morgan fingerprint density at radius 3 is 2.41 bits per heavy atom. The van der Waals surface area contributed by atoms with Crippen molar-refractivity contribution in [3.8, 4) is 17.6 Å². The molecule has 0 atom stereocenters. The van der Waals surface area contributed by atoms with Gasteiger partial charge in [0.1, 0.15) is 22.3 Å². The van der Waals surface area contributed by atoms with Crippen LogP contribution >= 0.6 is 0 Å². The average Bonchev–Trinajstić information content (AvgIpc) is 2.92. The summed E-state index contributed by atoms with van der Waals surface area (Å²) >= 11 is 0. The Balaban J connectivity index is 1.76. The molecule has 39 heavy (non-hydrogen) atoms. The van der Waals surface area contributed by atoms with Gasteiger partial charge in [0.25, 0.3) is 11.6 Å². The third-order valence-corrected chi connectivity index (χ3v) is 6.99. The molecule has 10 nitrogen and oxygen atoms in total. The number of hydrogen-bond donors (Lipinski definition) is 1. The van der Waals surface area contributed by atoms with Gasteiger partial charge < -0.3 is 14.2 Å². The van der Waals surface area contributed by atoms with Crippen LogP contribution in [-0.2, 0) is 14.9 Å². The molecule has 0 aliphatic carbocycles. The van der Waals surface area contributed by atoms with Gasteiger partial charge in [-0.15, -0.1) is 0 Å². The van der Waals surface area contributed by atoms with Gasteiger partial charge in [0, 0.05) is 11.6 Å². The molecule has 4 aromatic carbocycles. The topological polar surface area (TPSA) is 149 Å². The molecular formula is C28H21N3O7S. The lowest BCUT2D eigenvalue weighted by Gasteiger charge is -2.13. The van der Waals surface area contributed by atoms with E-state index in [4.69, 9.17) is 8.92 Å². The number of aryl methyl sites for hydroxylation is 1. The highest BCUT2D eigenvalue weighted by Gasteiger charge is 2.21. The Kier molecular flexibility index (Phi) is 7.60. The molecule has 0 unspecified atom stereocenters. The summed E-state index contributed by atoms with van der Waals surface area (Å²) in [6.07, 6.45) is 1.23. The fraction of sp³-hybridized carbons (Fsp3) is 0.0714. The number of amides is 1.